The summed E-state index contributed by atoms with van der Waals surface area (Å²) in [5.41, 5.74) is 0.776. The minimum atomic E-state index is -1.82. The maximum Gasteiger partial charge on any atom is 0.414 e. The maximum atomic E-state index is 9.10. The quantitative estimate of drug-likeness (QED) is 0.759. The van der Waals surface area contributed by atoms with E-state index < -0.39 is 17.7 Å². The third-order valence-corrected chi connectivity index (χ3v) is 3.51. The molecule has 0 aliphatic carbocycles. The highest BCUT2D eigenvalue weighted by atomic mass is 35.5. The van der Waals surface area contributed by atoms with E-state index in [0.29, 0.717) is 29.8 Å². The largest absolute Gasteiger partial charge is 0.473 e. The van der Waals surface area contributed by atoms with E-state index in [1.54, 1.807) is 29.2 Å². The predicted octanol–water partition coefficient (Wildman–Crippen LogP) is 1.64. The van der Waals surface area contributed by atoms with Gasteiger partial charge in [-0.05, 0) is 18.2 Å². The van der Waals surface area contributed by atoms with Crippen molar-refractivity contribution in [3.63, 3.8) is 0 Å². The zero-order chi connectivity index (χ0) is 18.4. The average molecular weight is 390 g/mol. The third-order valence-electron chi connectivity index (χ3n) is 3.08. The first-order chi connectivity index (χ1) is 11.8. The van der Waals surface area contributed by atoms with Crippen LogP contribution in [-0.4, -0.2) is 50.1 Å². The summed E-state index contributed by atoms with van der Waals surface area (Å²) in [4.78, 5) is 22.1. The number of carbonyl (C=O) groups is 2. The van der Waals surface area contributed by atoms with Crippen molar-refractivity contribution in [1.82, 2.24) is 14.8 Å². The van der Waals surface area contributed by atoms with Crippen molar-refractivity contribution in [1.29, 1.82) is 0 Å². The molecule has 0 amide bonds. The lowest BCUT2D eigenvalue weighted by Gasteiger charge is -2.27. The second kappa shape index (κ2) is 8.26. The van der Waals surface area contributed by atoms with Crippen molar-refractivity contribution in [3.05, 3.63) is 46.5 Å². The Labute approximate surface area is 151 Å². The SMILES string of the molecule is Clc1cc(Cl)cc(C2(Cn3cncn3)OCCO2)c1.O=C(O)C(=O)O. The number of ether oxygens (including phenoxy) is 2. The number of aliphatic carboxylic acids is 2. The molecule has 2 N–H and O–H groups in total. The molecule has 0 radical (unpaired) electrons. The van der Waals surface area contributed by atoms with E-state index in [1.807, 2.05) is 0 Å². The van der Waals surface area contributed by atoms with Crippen molar-refractivity contribution in [2.24, 2.45) is 0 Å². The number of hydrogen-bond acceptors (Lipinski definition) is 6. The molecule has 1 aromatic heterocycles. The molecule has 3 rings (SSSR count). The summed E-state index contributed by atoms with van der Waals surface area (Å²) < 4.78 is 13.2. The molecule has 9 nitrogen and oxygen atoms in total. The summed E-state index contributed by atoms with van der Waals surface area (Å²) in [5.74, 6) is -4.56. The van der Waals surface area contributed by atoms with Crippen molar-refractivity contribution < 1.29 is 29.3 Å². The lowest BCUT2D eigenvalue weighted by Crippen LogP contribution is -2.33. The lowest BCUT2D eigenvalue weighted by molar-refractivity contribution is -0.177. The first-order valence-electron chi connectivity index (χ1n) is 6.85. The van der Waals surface area contributed by atoms with Gasteiger partial charge in [0.05, 0.1) is 13.2 Å². The fourth-order valence-electron chi connectivity index (χ4n) is 2.11. The van der Waals surface area contributed by atoms with Crippen LogP contribution in [0.4, 0.5) is 0 Å². The number of halogens is 2. The molecule has 1 fully saturated rings. The van der Waals surface area contributed by atoms with Crippen molar-refractivity contribution in [2.75, 3.05) is 13.2 Å². The zero-order valence-corrected chi connectivity index (χ0v) is 14.1. The summed E-state index contributed by atoms with van der Waals surface area (Å²) in [7, 11) is 0. The van der Waals surface area contributed by atoms with Gasteiger partial charge in [0.1, 0.15) is 19.2 Å². The van der Waals surface area contributed by atoms with Gasteiger partial charge in [-0.1, -0.05) is 23.2 Å². The van der Waals surface area contributed by atoms with Crippen LogP contribution in [0.15, 0.2) is 30.9 Å². The molecule has 0 unspecified atom stereocenters. The molecule has 1 aliphatic rings. The minimum Gasteiger partial charge on any atom is -0.473 e. The van der Waals surface area contributed by atoms with Crippen LogP contribution in [0.2, 0.25) is 10.0 Å². The third kappa shape index (κ3) is 5.13. The van der Waals surface area contributed by atoms with E-state index in [0.717, 1.165) is 5.56 Å². The summed E-state index contributed by atoms with van der Waals surface area (Å²) >= 11 is 12.1. The van der Waals surface area contributed by atoms with Crippen LogP contribution < -0.4 is 0 Å². The van der Waals surface area contributed by atoms with Gasteiger partial charge >= 0.3 is 11.9 Å². The van der Waals surface area contributed by atoms with Gasteiger partial charge in [-0.3, -0.25) is 0 Å². The molecule has 1 aliphatic heterocycles. The Balaban J connectivity index is 0.000000326. The van der Waals surface area contributed by atoms with Crippen molar-refractivity contribution in [2.45, 2.75) is 12.3 Å². The predicted molar refractivity (Wildman–Crippen MR) is 85.3 cm³/mol. The topological polar surface area (TPSA) is 124 Å². The second-order valence-electron chi connectivity index (χ2n) is 4.81. The van der Waals surface area contributed by atoms with E-state index in [1.165, 1.54) is 6.33 Å². The molecule has 11 heteroatoms. The fourth-order valence-corrected chi connectivity index (χ4v) is 2.63. The normalized spacial score (nSPS) is 15.3. The van der Waals surface area contributed by atoms with E-state index in [-0.39, 0.29) is 0 Å². The van der Waals surface area contributed by atoms with Gasteiger partial charge in [-0.2, -0.15) is 5.10 Å². The molecule has 1 aromatic carbocycles. The summed E-state index contributed by atoms with van der Waals surface area (Å²) in [6, 6.07) is 5.25. The Morgan fingerprint density at radius 3 is 2.12 bits per heavy atom. The van der Waals surface area contributed by atoms with Gasteiger partial charge in [0.15, 0.2) is 0 Å². The molecule has 0 spiro atoms. The fraction of sp³-hybridized carbons (Fsp3) is 0.286. The van der Waals surface area contributed by atoms with Crippen LogP contribution in [-0.2, 0) is 31.4 Å². The van der Waals surface area contributed by atoms with Crippen LogP contribution in [0.1, 0.15) is 5.56 Å². The number of hydrogen-bond donors (Lipinski definition) is 2. The number of rotatable bonds is 3. The number of carboxylic acid groups (broad SMARTS) is 2. The van der Waals surface area contributed by atoms with Crippen LogP contribution in [0.25, 0.3) is 0 Å². The van der Waals surface area contributed by atoms with Crippen LogP contribution in [0, 0.1) is 0 Å². The first-order valence-corrected chi connectivity index (χ1v) is 7.61. The average Bonchev–Trinajstić information content (AvgIpc) is 3.20. The minimum absolute atomic E-state index is 0.393. The van der Waals surface area contributed by atoms with Crippen LogP contribution >= 0.6 is 23.2 Å². The van der Waals surface area contributed by atoms with Crippen molar-refractivity contribution in [3.8, 4) is 0 Å². The van der Waals surface area contributed by atoms with E-state index in [9.17, 15) is 0 Å². The number of carboxylic acids is 2. The van der Waals surface area contributed by atoms with Crippen LogP contribution in [0.5, 0.6) is 0 Å². The highest BCUT2D eigenvalue weighted by molar-refractivity contribution is 6.34. The smallest absolute Gasteiger partial charge is 0.414 e. The Bertz CT molecular complexity index is 715. The first kappa shape index (κ1) is 19.1. The zero-order valence-electron chi connectivity index (χ0n) is 12.6. The Kier molecular flexibility index (Phi) is 6.32. The molecule has 25 heavy (non-hydrogen) atoms. The lowest BCUT2D eigenvalue weighted by atomic mass is 10.1. The Hall–Kier alpha value is -2.20. The van der Waals surface area contributed by atoms with Gasteiger partial charge in [0.25, 0.3) is 0 Å². The molecular formula is C14H13Cl2N3O6. The van der Waals surface area contributed by atoms with Gasteiger partial charge in [-0.25, -0.2) is 19.3 Å². The standard InChI is InChI=1S/C12H11Cl2N3O2.C2H2O4/c13-10-3-9(4-11(14)5-10)12(18-1-2-19-12)6-17-8-15-7-16-17;3-1(4)2(5)6/h3-5,7-8H,1-2,6H2;(H,3,4)(H,5,6). The molecule has 134 valence electrons. The van der Waals surface area contributed by atoms with Gasteiger partial charge in [0.2, 0.25) is 5.79 Å². The highest BCUT2D eigenvalue weighted by Gasteiger charge is 2.40. The number of benzene rings is 1. The molecule has 2 aromatic rings. The van der Waals surface area contributed by atoms with Gasteiger partial charge < -0.3 is 19.7 Å². The molecule has 0 bridgehead atoms. The molecular weight excluding hydrogens is 377 g/mol. The van der Waals surface area contributed by atoms with E-state index in [2.05, 4.69) is 10.1 Å². The van der Waals surface area contributed by atoms with E-state index >= 15 is 0 Å². The summed E-state index contributed by atoms with van der Waals surface area (Å²) in [6.07, 6.45) is 3.08. The summed E-state index contributed by atoms with van der Waals surface area (Å²) in [5, 5.41) is 19.9. The Morgan fingerprint density at radius 1 is 1.12 bits per heavy atom. The number of aromatic nitrogens is 3. The highest BCUT2D eigenvalue weighted by Crippen LogP contribution is 2.36. The number of nitrogens with zero attached hydrogens (tertiary/aromatic N) is 3. The molecule has 2 heterocycles. The van der Waals surface area contributed by atoms with Gasteiger partial charge in [0, 0.05) is 15.6 Å². The monoisotopic (exact) mass is 389 g/mol. The molecule has 0 saturated carbocycles. The Morgan fingerprint density at radius 2 is 1.68 bits per heavy atom. The maximum absolute atomic E-state index is 9.10. The van der Waals surface area contributed by atoms with Gasteiger partial charge in [-0.15, -0.1) is 0 Å². The molecule has 0 atom stereocenters. The van der Waals surface area contributed by atoms with Crippen molar-refractivity contribution >= 4 is 35.1 Å². The summed E-state index contributed by atoms with van der Waals surface area (Å²) in [6.45, 7) is 1.42. The van der Waals surface area contributed by atoms with E-state index in [4.69, 9.17) is 52.5 Å². The second-order valence-corrected chi connectivity index (χ2v) is 5.68. The van der Waals surface area contributed by atoms with Crippen LogP contribution in [0.3, 0.4) is 0 Å². The molecule has 1 saturated heterocycles.